The quantitative estimate of drug-likeness (QED) is 0.863. The van der Waals surface area contributed by atoms with Crippen LogP contribution in [0, 0.1) is 6.92 Å². The minimum atomic E-state index is -0.218. The van der Waals surface area contributed by atoms with E-state index in [9.17, 15) is 4.79 Å². The molecule has 0 aliphatic heterocycles. The normalized spacial score (nSPS) is 10.2. The van der Waals surface area contributed by atoms with E-state index in [0.29, 0.717) is 15.9 Å². The molecule has 2 aromatic heterocycles. The topological polar surface area (TPSA) is 67.8 Å². The summed E-state index contributed by atoms with van der Waals surface area (Å²) in [5.41, 5.74) is 1.46. The van der Waals surface area contributed by atoms with Crippen LogP contribution in [0.25, 0.3) is 0 Å². The van der Waals surface area contributed by atoms with Crippen molar-refractivity contribution in [3.8, 4) is 0 Å². The van der Waals surface area contributed by atoms with Crippen LogP contribution in [0.4, 0.5) is 5.13 Å². The maximum atomic E-state index is 11.8. The van der Waals surface area contributed by atoms with Gasteiger partial charge in [-0.15, -0.1) is 0 Å². The highest BCUT2D eigenvalue weighted by Crippen LogP contribution is 2.18. The molecule has 0 aliphatic carbocycles. The molecule has 2 aromatic rings. The summed E-state index contributed by atoms with van der Waals surface area (Å²) in [5, 5.41) is 3.85. The number of thioether (sulfide) groups is 1. The molecule has 0 spiro atoms. The number of hydrogen-bond donors (Lipinski definition) is 1. The Kier molecular flexibility index (Phi) is 3.70. The molecule has 0 atom stereocenters. The standard InChI is InChI=1S/C10H10N4OS2/c1-6-3-7(5-11-4-6)8(15)12-9-13-10(16-2)14-17-9/h3-5H,1-2H3,(H,12,13,14,15). The maximum absolute atomic E-state index is 11.8. The lowest BCUT2D eigenvalue weighted by atomic mass is 10.2. The Morgan fingerprint density at radius 2 is 2.29 bits per heavy atom. The van der Waals surface area contributed by atoms with Crippen molar-refractivity contribution in [3.05, 3.63) is 29.6 Å². The van der Waals surface area contributed by atoms with Crippen LogP contribution in [0.3, 0.4) is 0 Å². The third kappa shape index (κ3) is 3.01. The number of aryl methyl sites for hydroxylation is 1. The predicted octanol–water partition coefficient (Wildman–Crippen LogP) is 2.22. The highest BCUT2D eigenvalue weighted by Gasteiger charge is 2.10. The minimum absolute atomic E-state index is 0.218. The lowest BCUT2D eigenvalue weighted by Crippen LogP contribution is -2.12. The van der Waals surface area contributed by atoms with Gasteiger partial charge in [-0.3, -0.25) is 15.1 Å². The Morgan fingerprint density at radius 1 is 1.47 bits per heavy atom. The number of nitrogens with one attached hydrogen (secondary N) is 1. The van der Waals surface area contributed by atoms with Crippen LogP contribution in [-0.2, 0) is 0 Å². The smallest absolute Gasteiger partial charge is 0.259 e. The highest BCUT2D eigenvalue weighted by atomic mass is 32.2. The van der Waals surface area contributed by atoms with Crippen molar-refractivity contribution in [2.24, 2.45) is 0 Å². The Bertz CT molecular complexity index is 541. The number of hydrogen-bond acceptors (Lipinski definition) is 6. The number of carbonyl (C=O) groups excluding carboxylic acids is 1. The summed E-state index contributed by atoms with van der Waals surface area (Å²) in [6.45, 7) is 1.89. The van der Waals surface area contributed by atoms with E-state index in [4.69, 9.17) is 0 Å². The van der Waals surface area contributed by atoms with E-state index in [2.05, 4.69) is 19.7 Å². The zero-order chi connectivity index (χ0) is 12.3. The molecule has 0 saturated carbocycles. The molecule has 0 fully saturated rings. The average molecular weight is 266 g/mol. The predicted molar refractivity (Wildman–Crippen MR) is 68.6 cm³/mol. The molecular weight excluding hydrogens is 256 g/mol. The molecule has 88 valence electrons. The summed E-state index contributed by atoms with van der Waals surface area (Å²) in [6, 6.07) is 1.78. The zero-order valence-corrected chi connectivity index (χ0v) is 10.9. The van der Waals surface area contributed by atoms with Gasteiger partial charge in [-0.1, -0.05) is 11.8 Å². The Hall–Kier alpha value is -1.47. The van der Waals surface area contributed by atoms with Gasteiger partial charge in [-0.25, -0.2) is 0 Å². The van der Waals surface area contributed by atoms with Gasteiger partial charge in [-0.05, 0) is 24.8 Å². The van der Waals surface area contributed by atoms with E-state index in [1.54, 1.807) is 12.3 Å². The molecular formula is C10H10N4OS2. The molecule has 1 N–H and O–H groups in total. The molecule has 0 bridgehead atoms. The van der Waals surface area contributed by atoms with Crippen molar-refractivity contribution in [3.63, 3.8) is 0 Å². The lowest BCUT2D eigenvalue weighted by molar-refractivity contribution is 0.102. The van der Waals surface area contributed by atoms with Gasteiger partial charge in [-0.2, -0.15) is 9.36 Å². The molecule has 2 heterocycles. The first-order chi connectivity index (χ1) is 8.19. The fraction of sp³-hybridized carbons (Fsp3) is 0.200. The molecule has 0 aromatic carbocycles. The van der Waals surface area contributed by atoms with Gasteiger partial charge < -0.3 is 0 Å². The summed E-state index contributed by atoms with van der Waals surface area (Å²) < 4.78 is 4.06. The molecule has 0 radical (unpaired) electrons. The first-order valence-electron chi connectivity index (χ1n) is 4.80. The van der Waals surface area contributed by atoms with Gasteiger partial charge in [0, 0.05) is 23.9 Å². The van der Waals surface area contributed by atoms with Crippen LogP contribution in [-0.4, -0.2) is 26.5 Å². The second-order valence-electron chi connectivity index (χ2n) is 3.29. The average Bonchev–Trinajstić information content (AvgIpc) is 2.77. The van der Waals surface area contributed by atoms with Gasteiger partial charge in [0.15, 0.2) is 0 Å². The Labute approximate surface area is 107 Å². The zero-order valence-electron chi connectivity index (χ0n) is 9.30. The van der Waals surface area contributed by atoms with Crippen LogP contribution < -0.4 is 5.32 Å². The molecule has 7 heteroatoms. The van der Waals surface area contributed by atoms with Crippen molar-refractivity contribution in [2.45, 2.75) is 12.1 Å². The van der Waals surface area contributed by atoms with E-state index in [0.717, 1.165) is 5.56 Å². The molecule has 0 saturated heterocycles. The third-order valence-electron chi connectivity index (χ3n) is 1.95. The number of pyridine rings is 1. The van der Waals surface area contributed by atoms with E-state index in [1.165, 1.54) is 29.5 Å². The Balaban J connectivity index is 2.11. The minimum Gasteiger partial charge on any atom is -0.297 e. The number of nitrogens with zero attached hydrogens (tertiary/aromatic N) is 3. The SMILES string of the molecule is CSc1nsc(NC(=O)c2cncc(C)c2)n1. The van der Waals surface area contributed by atoms with Crippen molar-refractivity contribution in [2.75, 3.05) is 11.6 Å². The van der Waals surface area contributed by atoms with Crippen LogP contribution in [0.5, 0.6) is 0 Å². The maximum Gasteiger partial charge on any atom is 0.259 e. The van der Waals surface area contributed by atoms with Gasteiger partial charge >= 0.3 is 0 Å². The van der Waals surface area contributed by atoms with E-state index < -0.39 is 0 Å². The van der Waals surface area contributed by atoms with Gasteiger partial charge in [0.05, 0.1) is 5.56 Å². The Morgan fingerprint density at radius 3 is 2.94 bits per heavy atom. The largest absolute Gasteiger partial charge is 0.297 e. The fourth-order valence-electron chi connectivity index (χ4n) is 1.19. The summed E-state index contributed by atoms with van der Waals surface area (Å²) in [5.74, 6) is -0.218. The number of amides is 1. The third-order valence-corrected chi connectivity index (χ3v) is 3.24. The molecule has 17 heavy (non-hydrogen) atoms. The van der Waals surface area contributed by atoms with E-state index >= 15 is 0 Å². The summed E-state index contributed by atoms with van der Waals surface area (Å²) in [6.07, 6.45) is 5.12. The van der Waals surface area contributed by atoms with Gasteiger partial charge in [0.2, 0.25) is 10.3 Å². The van der Waals surface area contributed by atoms with Crippen LogP contribution in [0.15, 0.2) is 23.6 Å². The number of rotatable bonds is 3. The molecule has 2 rings (SSSR count). The van der Waals surface area contributed by atoms with Crippen LogP contribution in [0.2, 0.25) is 0 Å². The lowest BCUT2D eigenvalue weighted by Gasteiger charge is -2.01. The molecule has 0 unspecified atom stereocenters. The van der Waals surface area contributed by atoms with E-state index in [1.807, 2.05) is 13.2 Å². The number of carbonyl (C=O) groups is 1. The number of aromatic nitrogens is 3. The number of anilines is 1. The van der Waals surface area contributed by atoms with Crippen LogP contribution >= 0.6 is 23.3 Å². The van der Waals surface area contributed by atoms with Gasteiger partial charge in [0.1, 0.15) is 0 Å². The fourth-order valence-corrected chi connectivity index (χ4v) is 2.31. The van der Waals surface area contributed by atoms with Crippen molar-refractivity contribution in [1.82, 2.24) is 14.3 Å². The summed E-state index contributed by atoms with van der Waals surface area (Å²) in [4.78, 5) is 20.0. The molecule has 5 nitrogen and oxygen atoms in total. The molecule has 0 aliphatic rings. The second-order valence-corrected chi connectivity index (χ2v) is 4.82. The summed E-state index contributed by atoms with van der Waals surface area (Å²) in [7, 11) is 0. The van der Waals surface area contributed by atoms with E-state index in [-0.39, 0.29) is 5.91 Å². The van der Waals surface area contributed by atoms with Crippen LogP contribution in [0.1, 0.15) is 15.9 Å². The van der Waals surface area contributed by atoms with Gasteiger partial charge in [0.25, 0.3) is 5.91 Å². The monoisotopic (exact) mass is 266 g/mol. The van der Waals surface area contributed by atoms with Crippen molar-refractivity contribution in [1.29, 1.82) is 0 Å². The van der Waals surface area contributed by atoms with Crippen molar-refractivity contribution < 1.29 is 4.79 Å². The highest BCUT2D eigenvalue weighted by molar-refractivity contribution is 7.98. The first-order valence-corrected chi connectivity index (χ1v) is 6.79. The van der Waals surface area contributed by atoms with Crippen molar-refractivity contribution >= 4 is 34.3 Å². The second kappa shape index (κ2) is 5.24. The summed E-state index contributed by atoms with van der Waals surface area (Å²) >= 11 is 2.61. The first kappa shape index (κ1) is 12.0. The molecule has 1 amide bonds.